The van der Waals surface area contributed by atoms with Gasteiger partial charge in [0.1, 0.15) is 0 Å². The predicted octanol–water partition coefficient (Wildman–Crippen LogP) is 0.535. The van der Waals surface area contributed by atoms with Crippen molar-refractivity contribution in [1.29, 1.82) is 0 Å². The molecule has 1 N–H and O–H groups in total. The van der Waals surface area contributed by atoms with Crippen molar-refractivity contribution in [1.82, 2.24) is 5.32 Å². The van der Waals surface area contributed by atoms with E-state index in [1.165, 1.54) is 0 Å². The van der Waals surface area contributed by atoms with E-state index in [0.29, 0.717) is 23.5 Å². The Labute approximate surface area is 70.1 Å². The van der Waals surface area contributed by atoms with Crippen LogP contribution in [0, 0.1) is 5.92 Å². The third-order valence-electron chi connectivity index (χ3n) is 2.19. The van der Waals surface area contributed by atoms with E-state index in [4.69, 9.17) is 0 Å². The third-order valence-corrected chi connectivity index (χ3v) is 2.19. The summed E-state index contributed by atoms with van der Waals surface area (Å²) in [6.07, 6.45) is 4.38. The normalized spacial score (nSPS) is 27.6. The Morgan fingerprint density at radius 2 is 2.17 bits per heavy atom. The van der Waals surface area contributed by atoms with E-state index in [-0.39, 0.29) is 11.8 Å². The van der Waals surface area contributed by atoms with Crippen molar-refractivity contribution >= 4 is 11.8 Å². The Morgan fingerprint density at radius 1 is 1.42 bits per heavy atom. The molecule has 1 atom stereocenters. The van der Waals surface area contributed by atoms with Crippen LogP contribution >= 0.6 is 0 Å². The van der Waals surface area contributed by atoms with Crippen LogP contribution in [0.5, 0.6) is 0 Å². The summed E-state index contributed by atoms with van der Waals surface area (Å²) in [6, 6.07) is 0. The van der Waals surface area contributed by atoms with Gasteiger partial charge in [0.05, 0.1) is 0 Å². The van der Waals surface area contributed by atoms with E-state index in [0.717, 1.165) is 0 Å². The second-order valence-electron chi connectivity index (χ2n) is 3.22. The zero-order chi connectivity index (χ0) is 8.72. The maximum atomic E-state index is 11.1. The average molecular weight is 163 g/mol. The molecule has 2 rings (SSSR count). The fourth-order valence-electron chi connectivity index (χ4n) is 1.53. The Kier molecular flexibility index (Phi) is 1.40. The molecule has 1 aliphatic carbocycles. The topological polar surface area (TPSA) is 46.2 Å². The van der Waals surface area contributed by atoms with Crippen LogP contribution in [-0.4, -0.2) is 11.8 Å². The van der Waals surface area contributed by atoms with Gasteiger partial charge in [0.25, 0.3) is 11.8 Å². The molecule has 2 aliphatic rings. The van der Waals surface area contributed by atoms with Crippen molar-refractivity contribution in [2.45, 2.75) is 13.3 Å². The Balaban J connectivity index is 2.43. The third kappa shape index (κ3) is 0.897. The molecule has 2 amide bonds. The fraction of sp³-hybridized carbons (Fsp3) is 0.333. The van der Waals surface area contributed by atoms with Gasteiger partial charge in [-0.25, -0.2) is 0 Å². The lowest BCUT2D eigenvalue weighted by Gasteiger charge is -2.10. The molecule has 1 unspecified atom stereocenters. The van der Waals surface area contributed by atoms with Gasteiger partial charge in [-0.05, 0) is 12.3 Å². The molecule has 0 fully saturated rings. The van der Waals surface area contributed by atoms with Gasteiger partial charge in [-0.2, -0.15) is 0 Å². The summed E-state index contributed by atoms with van der Waals surface area (Å²) >= 11 is 0. The van der Waals surface area contributed by atoms with Crippen LogP contribution in [0.25, 0.3) is 0 Å². The van der Waals surface area contributed by atoms with E-state index < -0.39 is 0 Å². The summed E-state index contributed by atoms with van der Waals surface area (Å²) in [7, 11) is 0. The number of nitrogens with one attached hydrogen (secondary N) is 1. The highest BCUT2D eigenvalue weighted by Gasteiger charge is 2.30. The van der Waals surface area contributed by atoms with Crippen molar-refractivity contribution in [3.8, 4) is 0 Å². The Morgan fingerprint density at radius 3 is 2.92 bits per heavy atom. The number of rotatable bonds is 0. The predicted molar refractivity (Wildman–Crippen MR) is 43.1 cm³/mol. The molecule has 62 valence electrons. The number of amides is 2. The van der Waals surface area contributed by atoms with E-state index in [9.17, 15) is 9.59 Å². The molecule has 0 aromatic heterocycles. The number of allylic oxidation sites excluding steroid dienone is 1. The zero-order valence-electron chi connectivity index (χ0n) is 6.76. The van der Waals surface area contributed by atoms with Crippen LogP contribution in [0.2, 0.25) is 0 Å². The maximum Gasteiger partial charge on any atom is 0.258 e. The minimum atomic E-state index is -0.252. The summed E-state index contributed by atoms with van der Waals surface area (Å²) in [6.45, 7) is 2.02. The molecule has 0 aromatic carbocycles. The number of hydrogen-bond donors (Lipinski definition) is 1. The fourth-order valence-corrected chi connectivity index (χ4v) is 1.53. The van der Waals surface area contributed by atoms with Gasteiger partial charge in [0.15, 0.2) is 0 Å². The number of carbonyl (C=O) groups excluding carboxylic acids is 2. The molecular formula is C9H9NO2. The molecule has 0 saturated carbocycles. The molecule has 12 heavy (non-hydrogen) atoms. The molecule has 1 aliphatic heterocycles. The molecule has 1 heterocycles. The van der Waals surface area contributed by atoms with Crippen molar-refractivity contribution in [3.05, 3.63) is 23.3 Å². The molecule has 0 saturated heterocycles. The first-order valence-electron chi connectivity index (χ1n) is 3.95. The summed E-state index contributed by atoms with van der Waals surface area (Å²) < 4.78 is 0. The summed E-state index contributed by atoms with van der Waals surface area (Å²) in [5.41, 5.74) is 1.20. The Bertz CT molecular complexity index is 325. The lowest BCUT2D eigenvalue weighted by molar-refractivity contribution is -0.124. The molecule has 0 bridgehead atoms. The van der Waals surface area contributed by atoms with Crippen molar-refractivity contribution in [3.63, 3.8) is 0 Å². The van der Waals surface area contributed by atoms with Crippen LogP contribution < -0.4 is 5.32 Å². The van der Waals surface area contributed by atoms with Crippen molar-refractivity contribution in [2.75, 3.05) is 0 Å². The largest absolute Gasteiger partial charge is 0.288 e. The van der Waals surface area contributed by atoms with Crippen LogP contribution in [0.15, 0.2) is 23.3 Å². The zero-order valence-corrected chi connectivity index (χ0v) is 6.76. The van der Waals surface area contributed by atoms with Gasteiger partial charge < -0.3 is 0 Å². The second kappa shape index (κ2) is 2.30. The summed E-state index contributed by atoms with van der Waals surface area (Å²) in [4.78, 5) is 22.2. The Hall–Kier alpha value is -1.38. The van der Waals surface area contributed by atoms with Crippen LogP contribution in [-0.2, 0) is 9.59 Å². The van der Waals surface area contributed by atoms with Gasteiger partial charge in [-0.1, -0.05) is 19.1 Å². The van der Waals surface area contributed by atoms with E-state index in [1.54, 1.807) is 6.08 Å². The van der Waals surface area contributed by atoms with Gasteiger partial charge in [0, 0.05) is 11.1 Å². The minimum absolute atomic E-state index is 0.216. The van der Waals surface area contributed by atoms with Crippen molar-refractivity contribution < 1.29 is 9.59 Å². The highest BCUT2D eigenvalue weighted by molar-refractivity contribution is 6.21. The number of imide groups is 1. The molecule has 3 nitrogen and oxygen atoms in total. The lowest BCUT2D eigenvalue weighted by atomic mass is 9.92. The number of carbonyl (C=O) groups is 2. The van der Waals surface area contributed by atoms with E-state index >= 15 is 0 Å². The lowest BCUT2D eigenvalue weighted by Crippen LogP contribution is -2.22. The first-order valence-corrected chi connectivity index (χ1v) is 3.95. The molecule has 3 heteroatoms. The SMILES string of the molecule is CC1C=CC2=C(C1)C(=O)NC2=O. The molecule has 0 aromatic rings. The summed E-state index contributed by atoms with van der Waals surface area (Å²) in [5, 5.41) is 2.28. The van der Waals surface area contributed by atoms with Crippen molar-refractivity contribution in [2.24, 2.45) is 5.92 Å². The van der Waals surface area contributed by atoms with E-state index in [2.05, 4.69) is 5.32 Å². The minimum Gasteiger partial charge on any atom is -0.288 e. The second-order valence-corrected chi connectivity index (χ2v) is 3.22. The highest BCUT2D eigenvalue weighted by Crippen LogP contribution is 2.26. The van der Waals surface area contributed by atoms with Gasteiger partial charge in [-0.15, -0.1) is 0 Å². The molecule has 0 spiro atoms. The van der Waals surface area contributed by atoms with Crippen LogP contribution in [0.1, 0.15) is 13.3 Å². The summed E-state index contributed by atoms with van der Waals surface area (Å²) in [5.74, 6) is -0.107. The van der Waals surface area contributed by atoms with E-state index in [1.807, 2.05) is 13.0 Å². The monoisotopic (exact) mass is 163 g/mol. The van der Waals surface area contributed by atoms with Crippen LogP contribution in [0.4, 0.5) is 0 Å². The first-order chi connectivity index (χ1) is 5.68. The quantitative estimate of drug-likeness (QED) is 0.529. The molecule has 0 radical (unpaired) electrons. The van der Waals surface area contributed by atoms with Crippen LogP contribution in [0.3, 0.4) is 0 Å². The highest BCUT2D eigenvalue weighted by atomic mass is 16.2. The average Bonchev–Trinajstić information content (AvgIpc) is 2.28. The number of hydrogen-bond acceptors (Lipinski definition) is 2. The maximum absolute atomic E-state index is 11.1. The van der Waals surface area contributed by atoms with Gasteiger partial charge in [-0.3, -0.25) is 14.9 Å². The molecular weight excluding hydrogens is 154 g/mol. The smallest absolute Gasteiger partial charge is 0.258 e. The standard InChI is InChI=1S/C9H9NO2/c1-5-2-3-6-7(4-5)9(12)10-8(6)11/h2-3,5H,4H2,1H3,(H,10,11,12). The first kappa shape index (κ1) is 7.28. The van der Waals surface area contributed by atoms with Gasteiger partial charge >= 0.3 is 0 Å². The van der Waals surface area contributed by atoms with Gasteiger partial charge in [0.2, 0.25) is 0 Å².